The third-order valence-corrected chi connectivity index (χ3v) is 5.04. The summed E-state index contributed by atoms with van der Waals surface area (Å²) < 4.78 is 13.5. The molecule has 0 saturated carbocycles. The molecule has 0 radical (unpaired) electrons. The first-order valence-electron chi connectivity index (χ1n) is 9.34. The summed E-state index contributed by atoms with van der Waals surface area (Å²) in [5.41, 5.74) is 3.36. The molecule has 1 fully saturated rings. The lowest BCUT2D eigenvalue weighted by Crippen LogP contribution is -2.38. The molecule has 1 saturated heterocycles. The first-order chi connectivity index (χ1) is 12.7. The Labute approximate surface area is 153 Å². The Hall–Kier alpha value is -2.18. The Morgan fingerprint density at radius 3 is 2.92 bits per heavy atom. The fraction of sp³-hybridized carbons (Fsp3) is 0.500. The van der Waals surface area contributed by atoms with Crippen LogP contribution in [0.15, 0.2) is 36.5 Å². The molecule has 1 N–H and O–H groups in total. The highest BCUT2D eigenvalue weighted by Gasteiger charge is 2.30. The van der Waals surface area contributed by atoms with Crippen molar-refractivity contribution in [2.45, 2.75) is 51.0 Å². The van der Waals surface area contributed by atoms with Gasteiger partial charge in [-0.05, 0) is 37.3 Å². The van der Waals surface area contributed by atoms with Crippen LogP contribution in [-0.2, 0) is 27.2 Å². The maximum absolute atomic E-state index is 12.3. The van der Waals surface area contributed by atoms with Crippen LogP contribution in [0.2, 0.25) is 0 Å². The third kappa shape index (κ3) is 3.81. The molecule has 6 nitrogen and oxygen atoms in total. The number of hydrogen-bond donors (Lipinski definition) is 1. The second-order valence-corrected chi connectivity index (χ2v) is 7.09. The normalized spacial score (nSPS) is 25.0. The molecular weight excluding hydrogens is 330 g/mol. The second kappa shape index (κ2) is 7.60. The molecule has 3 heterocycles. The third-order valence-electron chi connectivity index (χ3n) is 5.04. The van der Waals surface area contributed by atoms with Gasteiger partial charge in [0.25, 0.3) is 0 Å². The highest BCUT2D eigenvalue weighted by Crippen LogP contribution is 2.26. The Morgan fingerprint density at radius 1 is 1.31 bits per heavy atom. The van der Waals surface area contributed by atoms with Gasteiger partial charge < -0.3 is 14.8 Å². The SMILES string of the molecule is C[C@@H]1CC[C@H](C(=O)NC[C@H]2OCCc3cn(Cc4ccccc4)nc32)O1. The zero-order valence-electron chi connectivity index (χ0n) is 15.1. The Kier molecular flexibility index (Phi) is 5.04. The summed E-state index contributed by atoms with van der Waals surface area (Å²) in [7, 11) is 0. The maximum Gasteiger partial charge on any atom is 0.249 e. The number of rotatable bonds is 5. The van der Waals surface area contributed by atoms with E-state index in [1.807, 2.05) is 29.8 Å². The van der Waals surface area contributed by atoms with E-state index in [1.165, 1.54) is 11.1 Å². The fourth-order valence-corrected chi connectivity index (χ4v) is 3.64. The lowest BCUT2D eigenvalue weighted by Gasteiger charge is -2.23. The largest absolute Gasteiger partial charge is 0.370 e. The molecule has 1 aromatic carbocycles. The van der Waals surface area contributed by atoms with E-state index in [0.717, 1.165) is 31.5 Å². The molecule has 1 amide bonds. The van der Waals surface area contributed by atoms with Crippen LogP contribution in [0.1, 0.15) is 42.7 Å². The molecule has 3 atom stereocenters. The van der Waals surface area contributed by atoms with E-state index in [4.69, 9.17) is 14.6 Å². The van der Waals surface area contributed by atoms with E-state index in [-0.39, 0.29) is 24.2 Å². The van der Waals surface area contributed by atoms with Crippen LogP contribution in [0.3, 0.4) is 0 Å². The first kappa shape index (κ1) is 17.2. The summed E-state index contributed by atoms with van der Waals surface area (Å²) in [6.45, 7) is 3.83. The molecular formula is C20H25N3O3. The molecule has 2 aromatic rings. The predicted molar refractivity (Wildman–Crippen MR) is 96.7 cm³/mol. The van der Waals surface area contributed by atoms with Crippen molar-refractivity contribution in [2.75, 3.05) is 13.2 Å². The van der Waals surface area contributed by atoms with Crippen LogP contribution >= 0.6 is 0 Å². The lowest BCUT2D eigenvalue weighted by molar-refractivity contribution is -0.132. The van der Waals surface area contributed by atoms with Crippen molar-refractivity contribution >= 4 is 5.91 Å². The quantitative estimate of drug-likeness (QED) is 0.893. The summed E-state index contributed by atoms with van der Waals surface area (Å²) in [4.78, 5) is 12.3. The number of benzene rings is 1. The van der Waals surface area contributed by atoms with Crippen molar-refractivity contribution in [1.29, 1.82) is 0 Å². The highest BCUT2D eigenvalue weighted by molar-refractivity contribution is 5.81. The number of aromatic nitrogens is 2. The first-order valence-corrected chi connectivity index (χ1v) is 9.34. The van der Waals surface area contributed by atoms with Gasteiger partial charge in [0.2, 0.25) is 5.91 Å². The van der Waals surface area contributed by atoms with Gasteiger partial charge in [-0.15, -0.1) is 0 Å². The van der Waals surface area contributed by atoms with E-state index in [2.05, 4.69) is 23.6 Å². The average molecular weight is 355 g/mol. The molecule has 6 heteroatoms. The van der Waals surface area contributed by atoms with E-state index < -0.39 is 0 Å². The van der Waals surface area contributed by atoms with Gasteiger partial charge in [0.05, 0.1) is 24.9 Å². The van der Waals surface area contributed by atoms with Crippen LogP contribution in [0.5, 0.6) is 0 Å². The van der Waals surface area contributed by atoms with Gasteiger partial charge in [0.15, 0.2) is 0 Å². The van der Waals surface area contributed by atoms with Crippen LogP contribution in [0.4, 0.5) is 0 Å². The number of amides is 1. The van der Waals surface area contributed by atoms with Crippen LogP contribution in [-0.4, -0.2) is 41.0 Å². The number of carbonyl (C=O) groups is 1. The predicted octanol–water partition coefficient (Wildman–Crippen LogP) is 2.23. The van der Waals surface area contributed by atoms with Gasteiger partial charge in [-0.3, -0.25) is 9.48 Å². The second-order valence-electron chi connectivity index (χ2n) is 7.09. The van der Waals surface area contributed by atoms with Crippen molar-refractivity contribution < 1.29 is 14.3 Å². The molecule has 4 rings (SSSR count). The van der Waals surface area contributed by atoms with Gasteiger partial charge in [-0.2, -0.15) is 5.10 Å². The minimum Gasteiger partial charge on any atom is -0.370 e. The molecule has 0 unspecified atom stereocenters. The summed E-state index contributed by atoms with van der Waals surface area (Å²) in [6.07, 6.45) is 4.32. The molecule has 2 aliphatic rings. The van der Waals surface area contributed by atoms with Crippen molar-refractivity contribution in [1.82, 2.24) is 15.1 Å². The molecule has 138 valence electrons. The standard InChI is InChI=1S/C20H25N3O3/c1-14-7-8-17(26-14)20(24)21-11-18-19-16(9-10-25-18)13-23(22-19)12-15-5-3-2-4-6-15/h2-6,13-14,17-18H,7-12H2,1H3,(H,21,24)/t14-,17-,18-/m1/s1. The van der Waals surface area contributed by atoms with E-state index in [1.54, 1.807) is 0 Å². The minimum absolute atomic E-state index is 0.0474. The Morgan fingerprint density at radius 2 is 2.15 bits per heavy atom. The number of ether oxygens (including phenoxy) is 2. The van der Waals surface area contributed by atoms with Crippen molar-refractivity contribution in [3.05, 3.63) is 53.3 Å². The van der Waals surface area contributed by atoms with Gasteiger partial charge >= 0.3 is 0 Å². The van der Waals surface area contributed by atoms with E-state index in [9.17, 15) is 4.79 Å². The Balaban J connectivity index is 1.39. The Bertz CT molecular complexity index is 759. The van der Waals surface area contributed by atoms with Crippen molar-refractivity contribution in [3.8, 4) is 0 Å². The van der Waals surface area contributed by atoms with Crippen LogP contribution in [0.25, 0.3) is 0 Å². The molecule has 0 bridgehead atoms. The summed E-state index contributed by atoms with van der Waals surface area (Å²) in [6, 6.07) is 10.3. The lowest BCUT2D eigenvalue weighted by atomic mass is 10.1. The number of hydrogen-bond acceptors (Lipinski definition) is 4. The van der Waals surface area contributed by atoms with E-state index >= 15 is 0 Å². The van der Waals surface area contributed by atoms with E-state index in [0.29, 0.717) is 13.2 Å². The molecule has 0 aliphatic carbocycles. The number of nitrogens with one attached hydrogen (secondary N) is 1. The van der Waals surface area contributed by atoms with Gasteiger partial charge in [0.1, 0.15) is 12.2 Å². The highest BCUT2D eigenvalue weighted by atomic mass is 16.5. The summed E-state index contributed by atoms with van der Waals surface area (Å²) in [5, 5.41) is 7.70. The minimum atomic E-state index is -0.330. The molecule has 26 heavy (non-hydrogen) atoms. The van der Waals surface area contributed by atoms with Crippen LogP contribution < -0.4 is 5.32 Å². The fourth-order valence-electron chi connectivity index (χ4n) is 3.64. The average Bonchev–Trinajstić information content (AvgIpc) is 3.26. The monoisotopic (exact) mass is 355 g/mol. The summed E-state index contributed by atoms with van der Waals surface area (Å²) >= 11 is 0. The van der Waals surface area contributed by atoms with Gasteiger partial charge in [-0.1, -0.05) is 30.3 Å². The smallest absolute Gasteiger partial charge is 0.249 e. The molecule has 0 spiro atoms. The number of carbonyl (C=O) groups excluding carboxylic acids is 1. The maximum atomic E-state index is 12.3. The van der Waals surface area contributed by atoms with Gasteiger partial charge in [-0.25, -0.2) is 0 Å². The van der Waals surface area contributed by atoms with Crippen molar-refractivity contribution in [2.24, 2.45) is 0 Å². The number of nitrogens with zero attached hydrogens (tertiary/aromatic N) is 2. The van der Waals surface area contributed by atoms with Crippen molar-refractivity contribution in [3.63, 3.8) is 0 Å². The zero-order chi connectivity index (χ0) is 17.9. The van der Waals surface area contributed by atoms with Gasteiger partial charge in [0, 0.05) is 12.7 Å². The van der Waals surface area contributed by atoms with Crippen LogP contribution in [0, 0.1) is 0 Å². The zero-order valence-corrected chi connectivity index (χ0v) is 15.1. The molecule has 1 aromatic heterocycles. The topological polar surface area (TPSA) is 65.4 Å². The number of fused-ring (bicyclic) bond motifs is 1. The summed E-state index contributed by atoms with van der Waals surface area (Å²) in [5.74, 6) is -0.0474. The molecule has 2 aliphatic heterocycles.